The van der Waals surface area contributed by atoms with Crippen molar-refractivity contribution in [3.63, 3.8) is 0 Å². The minimum absolute atomic E-state index is 0.162. The Kier molecular flexibility index (Phi) is 4.68. The highest BCUT2D eigenvalue weighted by atomic mass is 35.5. The molecule has 2 heterocycles. The number of hydrogen-bond donors (Lipinski definition) is 2. The Hall–Kier alpha value is -1.14. The van der Waals surface area contributed by atoms with E-state index in [1.165, 1.54) is 23.5 Å². The number of thiophene rings is 1. The van der Waals surface area contributed by atoms with Crippen LogP contribution in [0.2, 0.25) is 4.34 Å². The fourth-order valence-corrected chi connectivity index (χ4v) is 4.13. The number of nitrogens with one attached hydrogen (secondary N) is 1. The zero-order valence-electron chi connectivity index (χ0n) is 12.3. The van der Waals surface area contributed by atoms with Crippen molar-refractivity contribution < 1.29 is 9.50 Å². The van der Waals surface area contributed by atoms with Crippen LogP contribution in [0.25, 0.3) is 0 Å². The number of halogens is 2. The average Bonchev–Trinajstić information content (AvgIpc) is 2.92. The molecule has 118 valence electrons. The fourth-order valence-electron chi connectivity index (χ4n) is 2.92. The summed E-state index contributed by atoms with van der Waals surface area (Å²) in [5.74, 6) is -0.164. The van der Waals surface area contributed by atoms with E-state index in [-0.39, 0.29) is 17.6 Å². The molecule has 1 aliphatic rings. The van der Waals surface area contributed by atoms with Crippen LogP contribution in [0.15, 0.2) is 24.3 Å². The van der Waals surface area contributed by atoms with Crippen LogP contribution >= 0.6 is 22.9 Å². The Labute approximate surface area is 138 Å². The standard InChI is InChI=1S/C16H18ClFN2OS/c1-10-8-11(18)9-12(16(10)21)15(13-2-3-14(17)22-13)20-6-4-19-5-7-20/h2-3,8-9,15,19,21H,4-7H2,1H3/t15-/m1/s1. The summed E-state index contributed by atoms with van der Waals surface area (Å²) in [7, 11) is 0. The lowest BCUT2D eigenvalue weighted by molar-refractivity contribution is 0.197. The van der Waals surface area contributed by atoms with Gasteiger partial charge in [0.2, 0.25) is 0 Å². The molecule has 1 aliphatic heterocycles. The summed E-state index contributed by atoms with van der Waals surface area (Å²) in [6, 6.07) is 6.42. The largest absolute Gasteiger partial charge is 0.507 e. The number of phenolic OH excluding ortho intramolecular Hbond substituents is 1. The SMILES string of the molecule is Cc1cc(F)cc([C@H](c2ccc(Cl)s2)N2CCNCC2)c1O. The first kappa shape index (κ1) is 15.7. The third-order valence-corrected chi connectivity index (χ3v) is 5.25. The Morgan fingerprint density at radius 3 is 2.68 bits per heavy atom. The second-order valence-corrected chi connectivity index (χ2v) is 7.24. The molecule has 0 spiro atoms. The number of aromatic hydroxyl groups is 1. The molecule has 1 atom stereocenters. The highest BCUT2D eigenvalue weighted by molar-refractivity contribution is 7.16. The van der Waals surface area contributed by atoms with Crippen molar-refractivity contribution in [2.24, 2.45) is 0 Å². The number of benzene rings is 1. The molecule has 2 N–H and O–H groups in total. The number of piperazine rings is 1. The highest BCUT2D eigenvalue weighted by Crippen LogP contribution is 2.40. The van der Waals surface area contributed by atoms with E-state index in [1.807, 2.05) is 12.1 Å². The number of aryl methyl sites for hydroxylation is 1. The summed E-state index contributed by atoms with van der Waals surface area (Å²) in [4.78, 5) is 3.28. The first-order valence-electron chi connectivity index (χ1n) is 7.25. The Balaban J connectivity index is 2.08. The second-order valence-electron chi connectivity index (χ2n) is 5.49. The first-order valence-corrected chi connectivity index (χ1v) is 8.44. The topological polar surface area (TPSA) is 35.5 Å². The lowest BCUT2D eigenvalue weighted by Crippen LogP contribution is -2.45. The van der Waals surface area contributed by atoms with Gasteiger partial charge in [0.1, 0.15) is 11.6 Å². The van der Waals surface area contributed by atoms with Crippen LogP contribution in [-0.4, -0.2) is 36.2 Å². The molecule has 22 heavy (non-hydrogen) atoms. The molecule has 0 saturated carbocycles. The maximum absolute atomic E-state index is 13.9. The van der Waals surface area contributed by atoms with Crippen molar-refractivity contribution in [1.29, 1.82) is 0 Å². The van der Waals surface area contributed by atoms with E-state index in [4.69, 9.17) is 11.6 Å². The van der Waals surface area contributed by atoms with Crippen molar-refractivity contribution >= 4 is 22.9 Å². The van der Waals surface area contributed by atoms with Gasteiger partial charge < -0.3 is 10.4 Å². The predicted octanol–water partition coefficient (Wildman–Crippen LogP) is 3.55. The van der Waals surface area contributed by atoms with Gasteiger partial charge in [-0.25, -0.2) is 4.39 Å². The van der Waals surface area contributed by atoms with Crippen LogP contribution in [0.4, 0.5) is 4.39 Å². The van der Waals surface area contributed by atoms with Gasteiger partial charge in [-0.3, -0.25) is 4.90 Å². The average molecular weight is 341 g/mol. The Bertz CT molecular complexity index is 670. The molecule has 1 saturated heterocycles. The van der Waals surface area contributed by atoms with Crippen LogP contribution in [0, 0.1) is 12.7 Å². The van der Waals surface area contributed by atoms with Crippen molar-refractivity contribution in [2.75, 3.05) is 26.2 Å². The van der Waals surface area contributed by atoms with Gasteiger partial charge in [-0.05, 0) is 36.8 Å². The lowest BCUT2D eigenvalue weighted by Gasteiger charge is -2.35. The van der Waals surface area contributed by atoms with Gasteiger partial charge in [-0.15, -0.1) is 11.3 Å². The number of rotatable bonds is 3. The molecule has 1 aromatic carbocycles. The summed E-state index contributed by atoms with van der Waals surface area (Å²) < 4.78 is 14.6. The molecule has 6 heteroatoms. The molecule has 1 fully saturated rings. The Morgan fingerprint density at radius 1 is 1.32 bits per heavy atom. The minimum Gasteiger partial charge on any atom is -0.507 e. The van der Waals surface area contributed by atoms with Crippen LogP contribution < -0.4 is 5.32 Å². The van der Waals surface area contributed by atoms with Crippen LogP contribution in [0.5, 0.6) is 5.75 Å². The number of nitrogens with zero attached hydrogens (tertiary/aromatic N) is 1. The predicted molar refractivity (Wildman–Crippen MR) is 88.4 cm³/mol. The van der Waals surface area contributed by atoms with Gasteiger partial charge in [0.25, 0.3) is 0 Å². The van der Waals surface area contributed by atoms with Crippen molar-refractivity contribution in [3.05, 3.63) is 50.4 Å². The molecule has 1 aromatic heterocycles. The van der Waals surface area contributed by atoms with Gasteiger partial charge in [0.15, 0.2) is 0 Å². The molecule has 0 unspecified atom stereocenters. The van der Waals surface area contributed by atoms with Gasteiger partial charge >= 0.3 is 0 Å². The third-order valence-electron chi connectivity index (χ3n) is 3.97. The number of phenols is 1. The maximum atomic E-state index is 13.9. The summed E-state index contributed by atoms with van der Waals surface area (Å²) in [5, 5.41) is 13.8. The van der Waals surface area contributed by atoms with Crippen molar-refractivity contribution in [1.82, 2.24) is 10.2 Å². The molecular weight excluding hydrogens is 323 g/mol. The van der Waals surface area contributed by atoms with E-state index in [9.17, 15) is 9.50 Å². The maximum Gasteiger partial charge on any atom is 0.124 e. The van der Waals surface area contributed by atoms with Crippen molar-refractivity contribution in [3.8, 4) is 5.75 Å². The summed E-state index contributed by atoms with van der Waals surface area (Å²) in [6.45, 7) is 5.16. The van der Waals surface area contributed by atoms with Gasteiger partial charge in [-0.1, -0.05) is 11.6 Å². The molecule has 0 amide bonds. The van der Waals surface area contributed by atoms with Crippen molar-refractivity contribution in [2.45, 2.75) is 13.0 Å². The van der Waals surface area contributed by atoms with Crippen LogP contribution in [-0.2, 0) is 0 Å². The molecule has 0 radical (unpaired) electrons. The van der Waals surface area contributed by atoms with E-state index in [0.29, 0.717) is 15.5 Å². The van der Waals surface area contributed by atoms with Crippen LogP contribution in [0.3, 0.4) is 0 Å². The van der Waals surface area contributed by atoms with E-state index >= 15 is 0 Å². The van der Waals surface area contributed by atoms with E-state index in [2.05, 4.69) is 10.2 Å². The third kappa shape index (κ3) is 3.13. The quantitative estimate of drug-likeness (QED) is 0.897. The van der Waals surface area contributed by atoms with Gasteiger partial charge in [0, 0.05) is 36.6 Å². The highest BCUT2D eigenvalue weighted by Gasteiger charge is 2.28. The fraction of sp³-hybridized carbons (Fsp3) is 0.375. The van der Waals surface area contributed by atoms with Gasteiger partial charge in [-0.2, -0.15) is 0 Å². The normalized spacial score (nSPS) is 17.6. The smallest absolute Gasteiger partial charge is 0.124 e. The zero-order valence-corrected chi connectivity index (χ0v) is 13.8. The molecule has 0 bridgehead atoms. The lowest BCUT2D eigenvalue weighted by atomic mass is 9.99. The second kappa shape index (κ2) is 6.54. The van der Waals surface area contributed by atoms with E-state index in [0.717, 1.165) is 31.1 Å². The number of hydrogen-bond acceptors (Lipinski definition) is 4. The molecule has 2 aromatic rings. The summed E-state index contributed by atoms with van der Waals surface area (Å²) in [6.07, 6.45) is 0. The molecule has 3 rings (SSSR count). The van der Waals surface area contributed by atoms with E-state index in [1.54, 1.807) is 6.92 Å². The molecule has 3 nitrogen and oxygen atoms in total. The Morgan fingerprint density at radius 2 is 2.05 bits per heavy atom. The van der Waals surface area contributed by atoms with E-state index < -0.39 is 0 Å². The molecular formula is C16H18ClFN2OS. The monoisotopic (exact) mass is 340 g/mol. The van der Waals surface area contributed by atoms with Gasteiger partial charge in [0.05, 0.1) is 10.4 Å². The minimum atomic E-state index is -0.326. The van der Waals surface area contributed by atoms with Crippen LogP contribution in [0.1, 0.15) is 22.0 Å². The summed E-state index contributed by atoms with van der Waals surface area (Å²) in [5.41, 5.74) is 1.16. The zero-order chi connectivity index (χ0) is 15.7. The molecule has 0 aliphatic carbocycles. The first-order chi connectivity index (χ1) is 10.6. The summed E-state index contributed by atoms with van der Waals surface area (Å²) >= 11 is 7.56.